The number of aryl methyl sites for hydroxylation is 1. The third kappa shape index (κ3) is 2.57. The van der Waals surface area contributed by atoms with Crippen molar-refractivity contribution in [2.45, 2.75) is 44.3 Å². The molecule has 0 bridgehead atoms. The molecule has 0 radical (unpaired) electrons. The molecule has 1 aromatic rings. The van der Waals surface area contributed by atoms with Gasteiger partial charge in [0.2, 0.25) is 0 Å². The lowest BCUT2D eigenvalue weighted by Crippen LogP contribution is -2.25. The molecule has 2 rings (SSSR count). The van der Waals surface area contributed by atoms with Crippen LogP contribution in [-0.2, 0) is 6.42 Å². The molecule has 1 nitrogen and oxygen atoms in total. The molecule has 1 aliphatic rings. The molecule has 1 fully saturated rings. The standard InChI is InChI=1S/C13H18FN/c1-10-2-4-11(5-3-10)8-13(14)7-6-12(15)9-13/h2-5,12H,6-9,15H2,1H3. The average Bonchev–Trinajstić information content (AvgIpc) is 2.50. The summed E-state index contributed by atoms with van der Waals surface area (Å²) in [6.45, 7) is 2.04. The smallest absolute Gasteiger partial charge is 0.116 e. The van der Waals surface area contributed by atoms with Crippen molar-refractivity contribution in [3.05, 3.63) is 35.4 Å². The fourth-order valence-electron chi connectivity index (χ4n) is 2.35. The van der Waals surface area contributed by atoms with Crippen molar-refractivity contribution in [1.82, 2.24) is 0 Å². The van der Waals surface area contributed by atoms with Crippen LogP contribution in [0.1, 0.15) is 30.4 Å². The Balaban J connectivity index is 2.05. The van der Waals surface area contributed by atoms with Crippen LogP contribution in [0, 0.1) is 6.92 Å². The summed E-state index contributed by atoms with van der Waals surface area (Å²) in [5, 5.41) is 0. The van der Waals surface area contributed by atoms with Gasteiger partial charge in [-0.2, -0.15) is 0 Å². The number of nitrogens with two attached hydrogens (primary N) is 1. The zero-order valence-electron chi connectivity index (χ0n) is 9.17. The van der Waals surface area contributed by atoms with E-state index < -0.39 is 5.67 Å². The number of benzene rings is 1. The molecule has 15 heavy (non-hydrogen) atoms. The van der Waals surface area contributed by atoms with Crippen LogP contribution in [0.4, 0.5) is 4.39 Å². The highest BCUT2D eigenvalue weighted by Gasteiger charge is 2.37. The molecular weight excluding hydrogens is 189 g/mol. The van der Waals surface area contributed by atoms with E-state index >= 15 is 0 Å². The summed E-state index contributed by atoms with van der Waals surface area (Å²) in [5.74, 6) is 0. The van der Waals surface area contributed by atoms with Gasteiger partial charge in [0.05, 0.1) is 0 Å². The van der Waals surface area contributed by atoms with E-state index in [4.69, 9.17) is 5.73 Å². The molecule has 0 amide bonds. The van der Waals surface area contributed by atoms with Crippen molar-refractivity contribution in [3.63, 3.8) is 0 Å². The van der Waals surface area contributed by atoms with Gasteiger partial charge in [0.1, 0.15) is 5.67 Å². The lowest BCUT2D eigenvalue weighted by Gasteiger charge is -2.19. The largest absolute Gasteiger partial charge is 0.328 e. The molecule has 1 aromatic carbocycles. The second kappa shape index (κ2) is 3.93. The van der Waals surface area contributed by atoms with Crippen molar-refractivity contribution < 1.29 is 4.39 Å². The molecule has 0 aromatic heterocycles. The minimum absolute atomic E-state index is 0.0560. The second-order valence-electron chi connectivity index (χ2n) is 4.82. The molecule has 1 saturated carbocycles. The topological polar surface area (TPSA) is 26.0 Å². The van der Waals surface area contributed by atoms with E-state index in [2.05, 4.69) is 0 Å². The van der Waals surface area contributed by atoms with Crippen LogP contribution in [0.3, 0.4) is 0 Å². The Labute approximate surface area is 90.5 Å². The van der Waals surface area contributed by atoms with Gasteiger partial charge in [0.15, 0.2) is 0 Å². The number of rotatable bonds is 2. The molecule has 2 N–H and O–H groups in total. The quantitative estimate of drug-likeness (QED) is 0.793. The van der Waals surface area contributed by atoms with Crippen molar-refractivity contribution in [1.29, 1.82) is 0 Å². The Morgan fingerprint density at radius 3 is 2.60 bits per heavy atom. The Morgan fingerprint density at radius 2 is 2.07 bits per heavy atom. The van der Waals surface area contributed by atoms with Gasteiger partial charge in [0, 0.05) is 12.5 Å². The predicted octanol–water partition coefficient (Wildman–Crippen LogP) is 2.76. The van der Waals surface area contributed by atoms with Crippen LogP contribution in [-0.4, -0.2) is 11.7 Å². The Kier molecular flexibility index (Phi) is 2.79. The third-order valence-corrected chi connectivity index (χ3v) is 3.23. The van der Waals surface area contributed by atoms with Crippen LogP contribution in [0.2, 0.25) is 0 Å². The summed E-state index contributed by atoms with van der Waals surface area (Å²) in [6, 6.07) is 8.16. The second-order valence-corrected chi connectivity index (χ2v) is 4.82. The predicted molar refractivity (Wildman–Crippen MR) is 60.5 cm³/mol. The molecule has 1 aliphatic carbocycles. The lowest BCUT2D eigenvalue weighted by molar-refractivity contribution is 0.170. The highest BCUT2D eigenvalue weighted by molar-refractivity contribution is 5.23. The summed E-state index contributed by atoms with van der Waals surface area (Å²) in [7, 11) is 0. The van der Waals surface area contributed by atoms with E-state index in [1.54, 1.807) is 0 Å². The van der Waals surface area contributed by atoms with E-state index in [0.29, 0.717) is 19.3 Å². The Hall–Kier alpha value is -0.890. The molecule has 0 aliphatic heterocycles. The third-order valence-electron chi connectivity index (χ3n) is 3.23. The first-order valence-corrected chi connectivity index (χ1v) is 5.57. The van der Waals surface area contributed by atoms with Crippen LogP contribution in [0.25, 0.3) is 0 Å². The molecule has 82 valence electrons. The number of alkyl halides is 1. The van der Waals surface area contributed by atoms with E-state index in [9.17, 15) is 4.39 Å². The van der Waals surface area contributed by atoms with Gasteiger partial charge < -0.3 is 5.73 Å². The van der Waals surface area contributed by atoms with Gasteiger partial charge in [-0.3, -0.25) is 0 Å². The first kappa shape index (κ1) is 10.6. The zero-order valence-corrected chi connectivity index (χ0v) is 9.17. The highest BCUT2D eigenvalue weighted by atomic mass is 19.1. The zero-order chi connectivity index (χ0) is 10.9. The maximum Gasteiger partial charge on any atom is 0.116 e. The van der Waals surface area contributed by atoms with Gasteiger partial charge in [-0.15, -0.1) is 0 Å². The molecule has 0 spiro atoms. The van der Waals surface area contributed by atoms with Gasteiger partial charge in [-0.25, -0.2) is 4.39 Å². The first-order valence-electron chi connectivity index (χ1n) is 5.57. The minimum Gasteiger partial charge on any atom is -0.328 e. The molecule has 2 atom stereocenters. The summed E-state index contributed by atoms with van der Waals surface area (Å²) < 4.78 is 14.3. The molecular formula is C13H18FN. The van der Waals surface area contributed by atoms with Crippen LogP contribution in [0.5, 0.6) is 0 Å². The maximum atomic E-state index is 14.3. The number of hydrogen-bond donors (Lipinski definition) is 1. The van der Waals surface area contributed by atoms with Crippen molar-refractivity contribution in [2.24, 2.45) is 5.73 Å². The van der Waals surface area contributed by atoms with E-state index in [-0.39, 0.29) is 6.04 Å². The maximum absolute atomic E-state index is 14.3. The first-order chi connectivity index (χ1) is 7.07. The number of halogens is 1. The monoisotopic (exact) mass is 207 g/mol. The molecule has 2 unspecified atom stereocenters. The number of hydrogen-bond acceptors (Lipinski definition) is 1. The van der Waals surface area contributed by atoms with Crippen molar-refractivity contribution in [2.75, 3.05) is 0 Å². The summed E-state index contributed by atoms with van der Waals surface area (Å²) in [5.41, 5.74) is 6.99. The van der Waals surface area contributed by atoms with Crippen molar-refractivity contribution in [3.8, 4) is 0 Å². The normalized spacial score (nSPS) is 30.7. The fraction of sp³-hybridized carbons (Fsp3) is 0.538. The Bertz CT molecular complexity index is 333. The summed E-state index contributed by atoms with van der Waals surface area (Å²) in [6.07, 6.45) is 2.46. The van der Waals surface area contributed by atoms with Gasteiger partial charge >= 0.3 is 0 Å². The summed E-state index contributed by atoms with van der Waals surface area (Å²) >= 11 is 0. The van der Waals surface area contributed by atoms with Gasteiger partial charge in [-0.05, 0) is 31.7 Å². The Morgan fingerprint density at radius 1 is 1.40 bits per heavy atom. The molecule has 0 heterocycles. The van der Waals surface area contributed by atoms with Gasteiger partial charge in [-0.1, -0.05) is 29.8 Å². The average molecular weight is 207 g/mol. The fourth-order valence-corrected chi connectivity index (χ4v) is 2.35. The van der Waals surface area contributed by atoms with Gasteiger partial charge in [0.25, 0.3) is 0 Å². The SMILES string of the molecule is Cc1ccc(CC2(F)CCC(N)C2)cc1. The van der Waals surface area contributed by atoms with Crippen LogP contribution in [0.15, 0.2) is 24.3 Å². The minimum atomic E-state index is -1.06. The van der Waals surface area contributed by atoms with E-state index in [0.717, 1.165) is 12.0 Å². The van der Waals surface area contributed by atoms with Crippen LogP contribution >= 0.6 is 0 Å². The molecule has 0 saturated heterocycles. The van der Waals surface area contributed by atoms with Crippen molar-refractivity contribution >= 4 is 0 Å². The van der Waals surface area contributed by atoms with E-state index in [1.165, 1.54) is 5.56 Å². The summed E-state index contributed by atoms with van der Waals surface area (Å²) in [4.78, 5) is 0. The highest BCUT2D eigenvalue weighted by Crippen LogP contribution is 2.35. The van der Waals surface area contributed by atoms with E-state index in [1.807, 2.05) is 31.2 Å². The molecule has 2 heteroatoms. The lowest BCUT2D eigenvalue weighted by atomic mass is 9.94. The van der Waals surface area contributed by atoms with Crippen LogP contribution < -0.4 is 5.73 Å².